The van der Waals surface area contributed by atoms with Gasteiger partial charge in [0.25, 0.3) is 0 Å². The van der Waals surface area contributed by atoms with Crippen molar-refractivity contribution < 1.29 is 0 Å². The standard InChI is InChI=1S/2C5H11Br.C5H10.3CH4.BrH/c1-4-5(2,3)6;1-3-5(2)4-6;1-4-5(2)3;;;;/h4H2,1-3H3;5H,3-4H2,1-2H3;2,4H2,1,3H3;3*1H4;1H. The van der Waals surface area contributed by atoms with Gasteiger partial charge in [0.05, 0.1) is 0 Å². The van der Waals surface area contributed by atoms with Gasteiger partial charge in [-0.05, 0) is 25.7 Å². The molecule has 0 N–H and O–H groups in total. The molecular weight excluding hydrogens is 456 g/mol. The summed E-state index contributed by atoms with van der Waals surface area (Å²) >= 11 is 6.85. The molecule has 0 saturated carbocycles. The van der Waals surface area contributed by atoms with Gasteiger partial charge in [0.1, 0.15) is 0 Å². The van der Waals surface area contributed by atoms with Gasteiger partial charge in [0.15, 0.2) is 0 Å². The molecule has 0 amide bonds. The van der Waals surface area contributed by atoms with E-state index in [2.05, 4.69) is 80.0 Å². The Morgan fingerprint density at radius 2 is 1.33 bits per heavy atom. The fourth-order valence-electron chi connectivity index (χ4n) is 0.109. The van der Waals surface area contributed by atoms with Crippen LogP contribution in [0.15, 0.2) is 12.2 Å². The molecule has 1 unspecified atom stereocenters. The first-order chi connectivity index (χ1) is 7.64. The van der Waals surface area contributed by atoms with Crippen LogP contribution in [-0.2, 0) is 0 Å². The fraction of sp³-hybridized carbons (Fsp3) is 0.889. The first-order valence-corrected chi connectivity index (χ1v) is 8.45. The predicted molar refractivity (Wildman–Crippen MR) is 122 cm³/mol. The summed E-state index contributed by atoms with van der Waals surface area (Å²) in [6.07, 6.45) is 3.58. The summed E-state index contributed by atoms with van der Waals surface area (Å²) in [7, 11) is 0. The lowest BCUT2D eigenvalue weighted by molar-refractivity contribution is 0.641. The Morgan fingerprint density at radius 1 is 1.10 bits per heavy atom. The first kappa shape index (κ1) is 43.2. The van der Waals surface area contributed by atoms with E-state index in [1.165, 1.54) is 18.4 Å². The number of hydrogen-bond donors (Lipinski definition) is 0. The third-order valence-electron chi connectivity index (χ3n) is 2.40. The Morgan fingerprint density at radius 3 is 1.33 bits per heavy atom. The van der Waals surface area contributed by atoms with E-state index in [0.29, 0.717) is 4.32 Å². The van der Waals surface area contributed by atoms with E-state index >= 15 is 0 Å². The average Bonchev–Trinajstić information content (AvgIpc) is 2.28. The SMILES string of the molecule is Br.C.C.C.C=C(C)CC.CCC(C)(C)Br.CCC(C)CBr. The topological polar surface area (TPSA) is 0 Å². The zero-order valence-electron chi connectivity index (χ0n) is 13.3. The molecule has 138 valence electrons. The van der Waals surface area contributed by atoms with Crippen molar-refractivity contribution in [1.82, 2.24) is 0 Å². The fourth-order valence-corrected chi connectivity index (χ4v) is 0.567. The molecule has 0 aliphatic heterocycles. The molecule has 0 aromatic heterocycles. The third-order valence-corrected chi connectivity index (χ3v) is 4.07. The van der Waals surface area contributed by atoms with Gasteiger partial charge in [-0.2, -0.15) is 0 Å². The molecule has 1 atom stereocenters. The Hall–Kier alpha value is 1.18. The average molecular weight is 501 g/mol. The molecule has 0 heterocycles. The Balaban J connectivity index is -0.0000000257. The molecule has 0 bridgehead atoms. The lowest BCUT2D eigenvalue weighted by atomic mass is 10.2. The minimum Gasteiger partial charge on any atom is -0.114 e. The highest BCUT2D eigenvalue weighted by atomic mass is 79.9. The molecule has 0 aliphatic rings. The van der Waals surface area contributed by atoms with E-state index in [9.17, 15) is 0 Å². The van der Waals surface area contributed by atoms with Crippen LogP contribution < -0.4 is 0 Å². The molecule has 0 aliphatic carbocycles. The molecule has 0 fully saturated rings. The predicted octanol–water partition coefficient (Wildman–Crippen LogP) is 9.46. The molecule has 21 heavy (non-hydrogen) atoms. The van der Waals surface area contributed by atoms with E-state index in [1.807, 2.05) is 6.92 Å². The first-order valence-electron chi connectivity index (χ1n) is 6.53. The maximum Gasteiger partial charge on any atom is 0.0199 e. The minimum absolute atomic E-state index is 0. The van der Waals surface area contributed by atoms with Crippen molar-refractivity contribution in [2.75, 3.05) is 5.33 Å². The van der Waals surface area contributed by atoms with E-state index < -0.39 is 0 Å². The maximum absolute atomic E-state index is 3.67. The lowest BCUT2D eigenvalue weighted by Gasteiger charge is -2.09. The zero-order valence-corrected chi connectivity index (χ0v) is 18.2. The summed E-state index contributed by atoms with van der Waals surface area (Å²) in [5.41, 5.74) is 1.25. The molecule has 0 rings (SSSR count). The second kappa shape index (κ2) is 29.2. The maximum atomic E-state index is 3.67. The Labute approximate surface area is 166 Å². The van der Waals surface area contributed by atoms with Gasteiger partial charge in [0.2, 0.25) is 0 Å². The zero-order chi connectivity index (χ0) is 14.5. The second-order valence-electron chi connectivity index (χ2n) is 5.05. The largest absolute Gasteiger partial charge is 0.114 e. The highest BCUT2D eigenvalue weighted by Gasteiger charge is 2.06. The summed E-state index contributed by atoms with van der Waals surface area (Å²) in [5, 5.41) is 1.14. The number of halogens is 3. The molecule has 3 heteroatoms. The van der Waals surface area contributed by atoms with Gasteiger partial charge < -0.3 is 0 Å². The normalized spacial score (nSPS) is 9.38. The summed E-state index contributed by atoms with van der Waals surface area (Å²) in [6.45, 7) is 18.7. The van der Waals surface area contributed by atoms with Crippen LogP contribution in [0.25, 0.3) is 0 Å². The van der Waals surface area contributed by atoms with Crippen LogP contribution in [0.1, 0.15) is 90.0 Å². The lowest BCUT2D eigenvalue weighted by Crippen LogP contribution is -2.04. The Kier molecular flexibility index (Phi) is 60.1. The number of allylic oxidation sites excluding steroid dienone is 1. The van der Waals surface area contributed by atoms with Gasteiger partial charge in [-0.1, -0.05) is 108 Å². The molecule has 0 spiro atoms. The van der Waals surface area contributed by atoms with Gasteiger partial charge in [0, 0.05) is 9.65 Å². The summed E-state index contributed by atoms with van der Waals surface area (Å²) in [6, 6.07) is 0. The quantitative estimate of drug-likeness (QED) is 0.266. The number of rotatable bonds is 4. The van der Waals surface area contributed by atoms with Crippen molar-refractivity contribution in [1.29, 1.82) is 0 Å². The molecule has 0 saturated heterocycles. The number of alkyl halides is 2. The van der Waals surface area contributed by atoms with Crippen LogP contribution in [0.3, 0.4) is 0 Å². The molecule has 0 aromatic rings. The van der Waals surface area contributed by atoms with Crippen molar-refractivity contribution in [3.8, 4) is 0 Å². The van der Waals surface area contributed by atoms with Crippen molar-refractivity contribution in [3.63, 3.8) is 0 Å². The highest BCUT2D eigenvalue weighted by molar-refractivity contribution is 9.10. The summed E-state index contributed by atoms with van der Waals surface area (Å²) < 4.78 is 0.354. The van der Waals surface area contributed by atoms with Crippen LogP contribution in [0, 0.1) is 5.92 Å². The van der Waals surface area contributed by atoms with Crippen molar-refractivity contribution in [2.45, 2.75) is 94.3 Å². The Bertz CT molecular complexity index is 156. The molecule has 0 aromatic carbocycles. The molecule has 0 radical (unpaired) electrons. The van der Waals surface area contributed by atoms with Gasteiger partial charge in [-0.25, -0.2) is 0 Å². The monoisotopic (exact) mass is 498 g/mol. The van der Waals surface area contributed by atoms with Crippen LogP contribution in [0.2, 0.25) is 0 Å². The molecular formula is C18H45Br3. The van der Waals surface area contributed by atoms with Gasteiger partial charge in [-0.3, -0.25) is 0 Å². The van der Waals surface area contributed by atoms with Crippen molar-refractivity contribution in [3.05, 3.63) is 12.2 Å². The van der Waals surface area contributed by atoms with Crippen molar-refractivity contribution >= 4 is 48.8 Å². The van der Waals surface area contributed by atoms with Crippen LogP contribution in [0.5, 0.6) is 0 Å². The van der Waals surface area contributed by atoms with Crippen LogP contribution in [-0.4, -0.2) is 9.65 Å². The number of hydrogen-bond acceptors (Lipinski definition) is 0. The van der Waals surface area contributed by atoms with E-state index in [0.717, 1.165) is 17.7 Å². The summed E-state index contributed by atoms with van der Waals surface area (Å²) in [5.74, 6) is 0.852. The van der Waals surface area contributed by atoms with Crippen LogP contribution in [0.4, 0.5) is 0 Å². The summed E-state index contributed by atoms with van der Waals surface area (Å²) in [4.78, 5) is 0. The van der Waals surface area contributed by atoms with E-state index in [1.54, 1.807) is 0 Å². The van der Waals surface area contributed by atoms with E-state index in [-0.39, 0.29) is 39.3 Å². The highest BCUT2D eigenvalue weighted by Crippen LogP contribution is 2.18. The smallest absolute Gasteiger partial charge is 0.0199 e. The van der Waals surface area contributed by atoms with Crippen LogP contribution >= 0.6 is 48.8 Å². The molecule has 0 nitrogen and oxygen atoms in total. The van der Waals surface area contributed by atoms with Gasteiger partial charge >= 0.3 is 0 Å². The van der Waals surface area contributed by atoms with Crippen molar-refractivity contribution in [2.24, 2.45) is 5.92 Å². The van der Waals surface area contributed by atoms with E-state index in [4.69, 9.17) is 0 Å². The second-order valence-corrected chi connectivity index (χ2v) is 7.84. The van der Waals surface area contributed by atoms with Gasteiger partial charge in [-0.15, -0.1) is 23.6 Å². The minimum atomic E-state index is 0. The third kappa shape index (κ3) is 75.2.